The molecule has 0 radical (unpaired) electrons. The van der Waals surface area contributed by atoms with Crippen LogP contribution in [0.5, 0.6) is 5.75 Å². The SMILES string of the molecule is CNC(=O)c1cc(OC)ccc1NC(=O)CCC1CCNC1.Cl. The molecule has 1 aromatic carbocycles. The number of anilines is 1. The summed E-state index contributed by atoms with van der Waals surface area (Å²) in [6.45, 7) is 2.02. The second kappa shape index (κ2) is 9.37. The zero-order valence-corrected chi connectivity index (χ0v) is 14.3. The largest absolute Gasteiger partial charge is 0.497 e. The molecule has 7 heteroatoms. The molecule has 1 saturated heterocycles. The third-order valence-corrected chi connectivity index (χ3v) is 3.91. The molecule has 0 spiro atoms. The molecule has 0 aliphatic carbocycles. The monoisotopic (exact) mass is 341 g/mol. The number of hydrogen-bond donors (Lipinski definition) is 3. The van der Waals surface area contributed by atoms with Crippen LogP contribution in [-0.2, 0) is 4.79 Å². The summed E-state index contributed by atoms with van der Waals surface area (Å²) in [6.07, 6.45) is 2.45. The molecular weight excluding hydrogens is 318 g/mol. The summed E-state index contributed by atoms with van der Waals surface area (Å²) >= 11 is 0. The molecule has 1 heterocycles. The van der Waals surface area contributed by atoms with Gasteiger partial charge in [-0.3, -0.25) is 9.59 Å². The average Bonchev–Trinajstić information content (AvgIpc) is 3.06. The summed E-state index contributed by atoms with van der Waals surface area (Å²) in [7, 11) is 3.09. The van der Waals surface area contributed by atoms with Gasteiger partial charge in [-0.2, -0.15) is 0 Å². The minimum absolute atomic E-state index is 0. The Hall–Kier alpha value is -1.79. The molecule has 1 aromatic rings. The smallest absolute Gasteiger partial charge is 0.253 e. The molecule has 0 saturated carbocycles. The van der Waals surface area contributed by atoms with Gasteiger partial charge in [-0.15, -0.1) is 12.4 Å². The minimum atomic E-state index is -0.255. The zero-order valence-electron chi connectivity index (χ0n) is 13.5. The van der Waals surface area contributed by atoms with Crippen molar-refractivity contribution in [2.24, 2.45) is 5.92 Å². The Balaban J connectivity index is 0.00000264. The van der Waals surface area contributed by atoms with E-state index in [0.717, 1.165) is 25.9 Å². The van der Waals surface area contributed by atoms with Crippen LogP contribution >= 0.6 is 12.4 Å². The van der Waals surface area contributed by atoms with Gasteiger partial charge in [0.05, 0.1) is 18.4 Å². The van der Waals surface area contributed by atoms with Gasteiger partial charge in [-0.05, 0) is 50.0 Å². The third-order valence-electron chi connectivity index (χ3n) is 3.91. The summed E-state index contributed by atoms with van der Waals surface area (Å²) in [5.74, 6) is 0.824. The molecule has 1 atom stereocenters. The van der Waals surface area contributed by atoms with Gasteiger partial charge >= 0.3 is 0 Å². The second-order valence-corrected chi connectivity index (χ2v) is 5.44. The molecule has 3 N–H and O–H groups in total. The van der Waals surface area contributed by atoms with Crippen LogP contribution in [0.2, 0.25) is 0 Å². The van der Waals surface area contributed by atoms with Crippen LogP contribution in [0.1, 0.15) is 29.6 Å². The summed E-state index contributed by atoms with van der Waals surface area (Å²) in [5, 5.41) is 8.69. The lowest BCUT2D eigenvalue weighted by molar-refractivity contribution is -0.116. The standard InChI is InChI=1S/C16H23N3O3.ClH/c1-17-16(21)13-9-12(22-2)4-5-14(13)19-15(20)6-3-11-7-8-18-10-11;/h4-5,9,11,18H,3,6-8,10H2,1-2H3,(H,17,21)(H,19,20);1H. The first-order valence-electron chi connectivity index (χ1n) is 7.54. The molecule has 1 unspecified atom stereocenters. The Morgan fingerprint density at radius 2 is 2.17 bits per heavy atom. The highest BCUT2D eigenvalue weighted by molar-refractivity contribution is 6.04. The maximum atomic E-state index is 12.1. The van der Waals surface area contributed by atoms with E-state index in [9.17, 15) is 9.59 Å². The summed E-state index contributed by atoms with van der Waals surface area (Å²) in [6, 6.07) is 5.04. The Kier molecular flexibility index (Phi) is 7.85. The molecule has 2 amide bonds. The predicted molar refractivity (Wildman–Crippen MR) is 92.5 cm³/mol. The number of nitrogens with one attached hydrogen (secondary N) is 3. The molecule has 1 aliphatic rings. The topological polar surface area (TPSA) is 79.5 Å². The van der Waals surface area contributed by atoms with Crippen molar-refractivity contribution >= 4 is 29.9 Å². The molecular formula is C16H24ClN3O3. The lowest BCUT2D eigenvalue weighted by Gasteiger charge is -2.13. The van der Waals surface area contributed by atoms with Gasteiger partial charge in [0.15, 0.2) is 0 Å². The number of carbonyl (C=O) groups is 2. The summed E-state index contributed by atoms with van der Waals surface area (Å²) in [4.78, 5) is 24.0. The number of amides is 2. The number of ether oxygens (including phenoxy) is 1. The third kappa shape index (κ3) is 5.41. The van der Waals surface area contributed by atoms with Crippen molar-refractivity contribution in [1.29, 1.82) is 0 Å². The van der Waals surface area contributed by atoms with Crippen LogP contribution in [-0.4, -0.2) is 39.1 Å². The number of carbonyl (C=O) groups excluding carboxylic acids is 2. The average molecular weight is 342 g/mol. The van der Waals surface area contributed by atoms with Gasteiger partial charge in [0.2, 0.25) is 5.91 Å². The van der Waals surface area contributed by atoms with Crippen LogP contribution in [0.4, 0.5) is 5.69 Å². The number of rotatable bonds is 6. The first-order valence-corrected chi connectivity index (χ1v) is 7.54. The van der Waals surface area contributed by atoms with E-state index in [1.165, 1.54) is 7.11 Å². The second-order valence-electron chi connectivity index (χ2n) is 5.44. The van der Waals surface area contributed by atoms with Crippen LogP contribution in [0.25, 0.3) is 0 Å². The molecule has 1 fully saturated rings. The van der Waals surface area contributed by atoms with Gasteiger partial charge in [-0.1, -0.05) is 0 Å². The molecule has 2 rings (SSSR count). The van der Waals surface area contributed by atoms with Crippen LogP contribution in [0.15, 0.2) is 18.2 Å². The van der Waals surface area contributed by atoms with Crippen molar-refractivity contribution in [2.45, 2.75) is 19.3 Å². The van der Waals surface area contributed by atoms with Gasteiger partial charge in [0.1, 0.15) is 5.75 Å². The maximum Gasteiger partial charge on any atom is 0.253 e. The lowest BCUT2D eigenvalue weighted by atomic mass is 10.0. The lowest BCUT2D eigenvalue weighted by Crippen LogP contribution is -2.22. The summed E-state index contributed by atoms with van der Waals surface area (Å²) < 4.78 is 5.12. The number of hydrogen-bond acceptors (Lipinski definition) is 4. The molecule has 1 aliphatic heterocycles. The van der Waals surface area contributed by atoms with E-state index in [0.29, 0.717) is 29.3 Å². The van der Waals surface area contributed by atoms with Crippen molar-refractivity contribution < 1.29 is 14.3 Å². The first kappa shape index (κ1) is 19.3. The molecule has 0 aromatic heterocycles. The fourth-order valence-corrected chi connectivity index (χ4v) is 2.59. The molecule has 0 bridgehead atoms. The van der Waals surface area contributed by atoms with E-state index in [1.807, 2.05) is 0 Å². The Morgan fingerprint density at radius 1 is 1.39 bits per heavy atom. The van der Waals surface area contributed by atoms with Crippen molar-refractivity contribution in [2.75, 3.05) is 32.6 Å². The predicted octanol–water partition coefficient (Wildman–Crippen LogP) is 1.80. The fourth-order valence-electron chi connectivity index (χ4n) is 2.59. The van der Waals surface area contributed by atoms with E-state index >= 15 is 0 Å². The number of halogens is 1. The van der Waals surface area contributed by atoms with Crippen molar-refractivity contribution in [3.8, 4) is 5.75 Å². The molecule has 128 valence electrons. The molecule has 6 nitrogen and oxygen atoms in total. The highest BCUT2D eigenvalue weighted by Gasteiger charge is 2.17. The Labute approximate surface area is 142 Å². The van der Waals surface area contributed by atoms with E-state index in [2.05, 4.69) is 16.0 Å². The van der Waals surface area contributed by atoms with Gasteiger partial charge < -0.3 is 20.7 Å². The highest BCUT2D eigenvalue weighted by atomic mass is 35.5. The quantitative estimate of drug-likeness (QED) is 0.737. The van der Waals surface area contributed by atoms with Gasteiger partial charge in [0.25, 0.3) is 5.91 Å². The van der Waals surface area contributed by atoms with E-state index in [4.69, 9.17) is 4.74 Å². The summed E-state index contributed by atoms with van der Waals surface area (Å²) in [5.41, 5.74) is 0.910. The zero-order chi connectivity index (χ0) is 15.9. The number of benzene rings is 1. The maximum absolute atomic E-state index is 12.1. The van der Waals surface area contributed by atoms with Crippen molar-refractivity contribution in [3.05, 3.63) is 23.8 Å². The fraction of sp³-hybridized carbons (Fsp3) is 0.500. The van der Waals surface area contributed by atoms with Crippen molar-refractivity contribution in [1.82, 2.24) is 10.6 Å². The minimum Gasteiger partial charge on any atom is -0.497 e. The molecule has 23 heavy (non-hydrogen) atoms. The van der Waals surface area contributed by atoms with Crippen LogP contribution in [0.3, 0.4) is 0 Å². The highest BCUT2D eigenvalue weighted by Crippen LogP contribution is 2.23. The van der Waals surface area contributed by atoms with Gasteiger partial charge in [0, 0.05) is 13.5 Å². The van der Waals surface area contributed by atoms with Gasteiger partial charge in [-0.25, -0.2) is 0 Å². The Morgan fingerprint density at radius 3 is 2.78 bits per heavy atom. The Bertz CT molecular complexity index is 545. The van der Waals surface area contributed by atoms with E-state index < -0.39 is 0 Å². The normalized spacial score (nSPS) is 16.3. The van der Waals surface area contributed by atoms with Crippen LogP contribution < -0.4 is 20.7 Å². The van der Waals surface area contributed by atoms with E-state index in [1.54, 1.807) is 25.2 Å². The van der Waals surface area contributed by atoms with Crippen LogP contribution in [0, 0.1) is 5.92 Å². The number of methoxy groups -OCH3 is 1. The first-order chi connectivity index (χ1) is 10.6. The van der Waals surface area contributed by atoms with Crippen molar-refractivity contribution in [3.63, 3.8) is 0 Å². The van der Waals surface area contributed by atoms with E-state index in [-0.39, 0.29) is 24.2 Å².